The number of aryl methyl sites for hydroxylation is 5. The standard InChI is InChI=1S/C8H11.C7H9.Fe/c1-6-4-7(2)8(3)5-6;1-6-4-3-5-7(6)2;/h4-5H,1-3H3;3-5H,1-2H3;/q2*-1;+2. The molecule has 0 aliphatic heterocycles. The van der Waals surface area contributed by atoms with E-state index in [0.717, 1.165) is 0 Å². The Bertz CT molecular complexity index is 382. The van der Waals surface area contributed by atoms with E-state index in [-0.39, 0.29) is 17.1 Å². The second-order valence-corrected chi connectivity index (χ2v) is 4.29. The average molecular weight is 256 g/mol. The van der Waals surface area contributed by atoms with Crippen LogP contribution in [-0.2, 0) is 17.1 Å². The third-order valence-corrected chi connectivity index (χ3v) is 2.82. The summed E-state index contributed by atoms with van der Waals surface area (Å²) in [7, 11) is 0. The van der Waals surface area contributed by atoms with Crippen molar-refractivity contribution in [3.8, 4) is 0 Å². The maximum atomic E-state index is 2.20. The third-order valence-electron chi connectivity index (χ3n) is 2.82. The van der Waals surface area contributed by atoms with E-state index in [9.17, 15) is 0 Å². The van der Waals surface area contributed by atoms with Crippen LogP contribution in [0.2, 0.25) is 0 Å². The number of rotatable bonds is 0. The second kappa shape index (κ2) is 6.73. The van der Waals surface area contributed by atoms with Crippen molar-refractivity contribution in [3.63, 3.8) is 0 Å². The van der Waals surface area contributed by atoms with Crippen LogP contribution in [0.15, 0.2) is 30.3 Å². The molecule has 2 aromatic rings. The Morgan fingerprint density at radius 1 is 0.875 bits per heavy atom. The molecule has 0 bridgehead atoms. The van der Waals surface area contributed by atoms with Crippen LogP contribution in [0, 0.1) is 34.6 Å². The molecular weight excluding hydrogens is 236 g/mol. The summed E-state index contributed by atoms with van der Waals surface area (Å²) in [6.45, 7) is 10.6. The van der Waals surface area contributed by atoms with Crippen molar-refractivity contribution in [2.24, 2.45) is 0 Å². The first kappa shape index (κ1) is 15.2. The van der Waals surface area contributed by atoms with E-state index < -0.39 is 0 Å². The molecule has 0 saturated carbocycles. The number of hydrogen-bond donors (Lipinski definition) is 0. The molecule has 0 heterocycles. The van der Waals surface area contributed by atoms with E-state index in [1.165, 1.54) is 27.8 Å². The summed E-state index contributed by atoms with van der Waals surface area (Å²) in [6.07, 6.45) is 0. The summed E-state index contributed by atoms with van der Waals surface area (Å²) < 4.78 is 0. The molecule has 0 unspecified atom stereocenters. The molecule has 0 aliphatic carbocycles. The smallest absolute Gasteiger partial charge is 0.211 e. The molecule has 0 radical (unpaired) electrons. The normalized spacial score (nSPS) is 9.06. The van der Waals surface area contributed by atoms with Gasteiger partial charge in [0.2, 0.25) is 0 Å². The SMILES string of the molecule is Cc1cc(C)c(C)[cH-]1.Cc1cc[cH-]c1C.[Fe+2]. The van der Waals surface area contributed by atoms with Crippen molar-refractivity contribution in [2.75, 3.05) is 0 Å². The van der Waals surface area contributed by atoms with Crippen LogP contribution in [-0.4, -0.2) is 0 Å². The molecule has 0 N–H and O–H groups in total. The van der Waals surface area contributed by atoms with Crippen LogP contribution in [0.5, 0.6) is 0 Å². The van der Waals surface area contributed by atoms with Crippen molar-refractivity contribution < 1.29 is 17.1 Å². The predicted octanol–water partition coefficient (Wildman–Crippen LogP) is 4.35. The van der Waals surface area contributed by atoms with Crippen LogP contribution in [0.25, 0.3) is 0 Å². The predicted molar refractivity (Wildman–Crippen MR) is 67.8 cm³/mol. The zero-order valence-electron chi connectivity index (χ0n) is 10.7. The topological polar surface area (TPSA) is 0 Å². The molecule has 0 aliphatic rings. The second-order valence-electron chi connectivity index (χ2n) is 4.29. The quantitative estimate of drug-likeness (QED) is 0.485. The summed E-state index contributed by atoms with van der Waals surface area (Å²) in [5, 5.41) is 0. The Balaban J connectivity index is 0.000000267. The molecule has 0 atom stereocenters. The molecule has 2 rings (SSSR count). The Labute approximate surface area is 110 Å². The van der Waals surface area contributed by atoms with E-state index in [4.69, 9.17) is 0 Å². The van der Waals surface area contributed by atoms with Crippen LogP contribution in [0.3, 0.4) is 0 Å². The van der Waals surface area contributed by atoms with E-state index in [2.05, 4.69) is 65.0 Å². The van der Waals surface area contributed by atoms with Crippen molar-refractivity contribution in [1.29, 1.82) is 0 Å². The van der Waals surface area contributed by atoms with Gasteiger partial charge in [0, 0.05) is 0 Å². The van der Waals surface area contributed by atoms with Gasteiger partial charge in [-0.3, -0.25) is 0 Å². The van der Waals surface area contributed by atoms with E-state index >= 15 is 0 Å². The minimum absolute atomic E-state index is 0. The fourth-order valence-corrected chi connectivity index (χ4v) is 1.55. The van der Waals surface area contributed by atoms with Gasteiger partial charge in [-0.2, -0.15) is 46.0 Å². The minimum Gasteiger partial charge on any atom is -0.211 e. The monoisotopic (exact) mass is 256 g/mol. The summed E-state index contributed by atoms with van der Waals surface area (Å²) >= 11 is 0. The van der Waals surface area contributed by atoms with Gasteiger partial charge in [0.25, 0.3) is 0 Å². The molecule has 0 aromatic heterocycles. The van der Waals surface area contributed by atoms with Gasteiger partial charge in [0.05, 0.1) is 0 Å². The summed E-state index contributed by atoms with van der Waals surface area (Å²) in [4.78, 5) is 0. The summed E-state index contributed by atoms with van der Waals surface area (Å²) in [6, 6.07) is 10.7. The van der Waals surface area contributed by atoms with Gasteiger partial charge in [0.1, 0.15) is 0 Å². The molecule has 0 saturated heterocycles. The first-order valence-corrected chi connectivity index (χ1v) is 5.40. The maximum absolute atomic E-state index is 2.20. The zero-order valence-corrected chi connectivity index (χ0v) is 11.8. The third kappa shape index (κ3) is 4.38. The van der Waals surface area contributed by atoms with Crippen molar-refractivity contribution in [2.45, 2.75) is 34.6 Å². The minimum atomic E-state index is 0. The van der Waals surface area contributed by atoms with E-state index in [1.54, 1.807) is 0 Å². The Morgan fingerprint density at radius 3 is 1.62 bits per heavy atom. The molecule has 88 valence electrons. The molecule has 0 spiro atoms. The van der Waals surface area contributed by atoms with Gasteiger partial charge in [-0.25, -0.2) is 12.1 Å². The van der Waals surface area contributed by atoms with Crippen LogP contribution in [0.4, 0.5) is 0 Å². The fourth-order valence-electron chi connectivity index (χ4n) is 1.55. The molecule has 1 heteroatoms. The zero-order chi connectivity index (χ0) is 11.4. The van der Waals surface area contributed by atoms with Gasteiger partial charge < -0.3 is 0 Å². The first-order valence-electron chi connectivity index (χ1n) is 5.40. The van der Waals surface area contributed by atoms with Crippen LogP contribution < -0.4 is 0 Å². The number of hydrogen-bond acceptors (Lipinski definition) is 0. The first-order chi connectivity index (χ1) is 7.00. The van der Waals surface area contributed by atoms with Gasteiger partial charge in [-0.1, -0.05) is 34.6 Å². The van der Waals surface area contributed by atoms with Gasteiger partial charge >= 0.3 is 17.1 Å². The molecule has 2 aromatic carbocycles. The Morgan fingerprint density at radius 2 is 1.50 bits per heavy atom. The van der Waals surface area contributed by atoms with Crippen LogP contribution >= 0.6 is 0 Å². The fraction of sp³-hybridized carbons (Fsp3) is 0.333. The van der Waals surface area contributed by atoms with Crippen molar-refractivity contribution in [1.82, 2.24) is 0 Å². The average Bonchev–Trinajstić information content (AvgIpc) is 2.63. The molecule has 16 heavy (non-hydrogen) atoms. The van der Waals surface area contributed by atoms with E-state index in [1.807, 2.05) is 0 Å². The van der Waals surface area contributed by atoms with Crippen molar-refractivity contribution >= 4 is 0 Å². The van der Waals surface area contributed by atoms with Crippen molar-refractivity contribution in [3.05, 3.63) is 58.1 Å². The Kier molecular flexibility index (Phi) is 6.40. The van der Waals surface area contributed by atoms with Gasteiger partial charge in [-0.05, 0) is 0 Å². The molecule has 0 fully saturated rings. The Hall–Kier alpha value is -0.781. The van der Waals surface area contributed by atoms with Gasteiger partial charge in [0.15, 0.2) is 0 Å². The summed E-state index contributed by atoms with van der Waals surface area (Å²) in [5.74, 6) is 0. The van der Waals surface area contributed by atoms with Gasteiger partial charge in [-0.15, -0.1) is 0 Å². The molecular formula is C15H20Fe. The maximum Gasteiger partial charge on any atom is 2.00 e. The molecule has 0 amide bonds. The van der Waals surface area contributed by atoms with Crippen LogP contribution in [0.1, 0.15) is 27.8 Å². The largest absolute Gasteiger partial charge is 2.00 e. The molecule has 0 nitrogen and oxygen atoms in total. The summed E-state index contributed by atoms with van der Waals surface area (Å²) in [5.41, 5.74) is 6.96. The van der Waals surface area contributed by atoms with E-state index in [0.29, 0.717) is 0 Å².